The van der Waals surface area contributed by atoms with Crippen molar-refractivity contribution < 1.29 is 23.4 Å². The van der Waals surface area contributed by atoms with E-state index >= 15 is 0 Å². The summed E-state index contributed by atoms with van der Waals surface area (Å²) in [5, 5.41) is 19.3. The Morgan fingerprint density at radius 3 is 2.11 bits per heavy atom. The number of phenols is 2. The van der Waals surface area contributed by atoms with Crippen LogP contribution >= 0.6 is 0 Å². The Morgan fingerprint density at radius 2 is 1.72 bits per heavy atom. The van der Waals surface area contributed by atoms with Crippen LogP contribution in [0.1, 0.15) is 25.5 Å². The van der Waals surface area contributed by atoms with Gasteiger partial charge >= 0.3 is 6.18 Å². The Kier molecular flexibility index (Phi) is 4.45. The second kappa shape index (κ2) is 5.48. The van der Waals surface area contributed by atoms with Crippen LogP contribution in [0.2, 0.25) is 0 Å². The molecule has 1 aromatic rings. The largest absolute Gasteiger partial charge is 0.507 e. The van der Waals surface area contributed by atoms with Gasteiger partial charge < -0.3 is 10.2 Å². The number of aromatic hydroxyl groups is 2. The van der Waals surface area contributed by atoms with E-state index < -0.39 is 18.8 Å². The van der Waals surface area contributed by atoms with Crippen LogP contribution in [0, 0.1) is 0 Å². The maximum atomic E-state index is 12.4. The average Bonchev–Trinajstić information content (AvgIpc) is 2.24. The van der Waals surface area contributed by atoms with Gasteiger partial charge in [0.05, 0.1) is 12.1 Å². The molecule has 2 N–H and O–H groups in total. The molecule has 0 heterocycles. The van der Waals surface area contributed by atoms with Crippen LogP contribution in [-0.2, 0) is 0 Å². The van der Waals surface area contributed by atoms with E-state index in [4.69, 9.17) is 0 Å². The van der Waals surface area contributed by atoms with E-state index in [0.29, 0.717) is 0 Å². The predicted molar refractivity (Wildman–Crippen MR) is 61.5 cm³/mol. The number of hydrogen-bond donors (Lipinski definition) is 2. The van der Waals surface area contributed by atoms with Gasteiger partial charge in [-0.3, -0.25) is 4.90 Å². The van der Waals surface area contributed by atoms with Gasteiger partial charge in [-0.05, 0) is 25.6 Å². The molecule has 0 aliphatic rings. The molecule has 1 atom stereocenters. The molecule has 0 aromatic heterocycles. The second-order valence-corrected chi connectivity index (χ2v) is 4.06. The first kappa shape index (κ1) is 14.6. The zero-order valence-electron chi connectivity index (χ0n) is 10.2. The number of hydrogen-bond acceptors (Lipinski definition) is 3. The van der Waals surface area contributed by atoms with Crippen LogP contribution in [0.5, 0.6) is 11.5 Å². The summed E-state index contributed by atoms with van der Waals surface area (Å²) in [6.07, 6.45) is -4.32. The van der Waals surface area contributed by atoms with Crippen LogP contribution in [-0.4, -0.2) is 34.4 Å². The molecule has 0 aliphatic carbocycles. The summed E-state index contributed by atoms with van der Waals surface area (Å²) in [6.45, 7) is 2.19. The van der Waals surface area contributed by atoms with Gasteiger partial charge in [-0.2, -0.15) is 13.2 Å². The van der Waals surface area contributed by atoms with Crippen molar-refractivity contribution in [3.63, 3.8) is 0 Å². The molecule has 102 valence electrons. The van der Waals surface area contributed by atoms with E-state index in [2.05, 4.69) is 0 Å². The summed E-state index contributed by atoms with van der Waals surface area (Å²) in [6, 6.07) is 3.39. The monoisotopic (exact) mass is 263 g/mol. The first-order valence-corrected chi connectivity index (χ1v) is 5.58. The summed E-state index contributed by atoms with van der Waals surface area (Å²) < 4.78 is 37.2. The number of nitrogens with zero attached hydrogens (tertiary/aromatic N) is 1. The summed E-state index contributed by atoms with van der Waals surface area (Å²) in [7, 11) is 0. The molecule has 0 bridgehead atoms. The fourth-order valence-electron chi connectivity index (χ4n) is 1.90. The topological polar surface area (TPSA) is 43.7 Å². The molecule has 1 rings (SSSR count). The van der Waals surface area contributed by atoms with Crippen molar-refractivity contribution in [1.82, 2.24) is 4.90 Å². The van der Waals surface area contributed by atoms with Crippen LogP contribution < -0.4 is 0 Å². The predicted octanol–water partition coefficient (Wildman–Crippen LogP) is 3.04. The van der Waals surface area contributed by atoms with E-state index in [1.165, 1.54) is 25.1 Å². The highest BCUT2D eigenvalue weighted by Gasteiger charge is 2.33. The van der Waals surface area contributed by atoms with Crippen molar-refractivity contribution in [1.29, 1.82) is 0 Å². The third kappa shape index (κ3) is 3.53. The Balaban J connectivity index is 3.00. The van der Waals surface area contributed by atoms with Gasteiger partial charge in [-0.1, -0.05) is 13.0 Å². The molecule has 0 saturated heterocycles. The quantitative estimate of drug-likeness (QED) is 0.877. The molecule has 0 spiro atoms. The maximum Gasteiger partial charge on any atom is 0.401 e. The molecule has 0 saturated carbocycles. The van der Waals surface area contributed by atoms with E-state index in [-0.39, 0.29) is 23.6 Å². The zero-order chi connectivity index (χ0) is 13.9. The van der Waals surface area contributed by atoms with Crippen molar-refractivity contribution in [3.8, 4) is 11.5 Å². The minimum atomic E-state index is -4.32. The normalized spacial score (nSPS) is 13.9. The Bertz CT molecular complexity index is 387. The van der Waals surface area contributed by atoms with Crippen molar-refractivity contribution >= 4 is 0 Å². The fraction of sp³-hybridized carbons (Fsp3) is 0.500. The first-order valence-electron chi connectivity index (χ1n) is 5.58. The van der Waals surface area contributed by atoms with Gasteiger partial charge in [0.2, 0.25) is 0 Å². The lowest BCUT2D eigenvalue weighted by molar-refractivity contribution is -0.150. The molecular formula is C12H16F3NO2. The molecule has 0 aliphatic heterocycles. The number of rotatable bonds is 4. The molecule has 0 radical (unpaired) electrons. The molecule has 0 amide bonds. The van der Waals surface area contributed by atoms with Gasteiger partial charge in [0.15, 0.2) is 0 Å². The third-order valence-corrected chi connectivity index (χ3v) is 2.81. The maximum absolute atomic E-state index is 12.4. The second-order valence-electron chi connectivity index (χ2n) is 4.06. The highest BCUT2D eigenvalue weighted by atomic mass is 19.4. The number of phenolic OH excluding ortho intramolecular Hbond substituents is 2. The van der Waals surface area contributed by atoms with Crippen LogP contribution in [0.25, 0.3) is 0 Å². The van der Waals surface area contributed by atoms with Crippen LogP contribution in [0.4, 0.5) is 13.2 Å². The molecule has 1 aromatic carbocycles. The zero-order valence-corrected chi connectivity index (χ0v) is 10.2. The number of halogens is 3. The van der Waals surface area contributed by atoms with E-state index in [0.717, 1.165) is 4.90 Å². The third-order valence-electron chi connectivity index (χ3n) is 2.81. The van der Waals surface area contributed by atoms with Gasteiger partial charge in [-0.15, -0.1) is 0 Å². The summed E-state index contributed by atoms with van der Waals surface area (Å²) in [4.78, 5) is 1.13. The van der Waals surface area contributed by atoms with E-state index in [1.54, 1.807) is 6.92 Å². The first-order chi connectivity index (χ1) is 8.26. The lowest BCUT2D eigenvalue weighted by Crippen LogP contribution is -2.36. The molecule has 1 unspecified atom stereocenters. The van der Waals surface area contributed by atoms with Gasteiger partial charge in [0, 0.05) is 6.04 Å². The SMILES string of the molecule is CCN(CC(F)(F)F)C(C)c1c(O)cccc1O. The fourth-order valence-corrected chi connectivity index (χ4v) is 1.90. The van der Waals surface area contributed by atoms with Gasteiger partial charge in [0.25, 0.3) is 0 Å². The highest BCUT2D eigenvalue weighted by Crippen LogP contribution is 2.36. The van der Waals surface area contributed by atoms with Crippen molar-refractivity contribution in [2.75, 3.05) is 13.1 Å². The Hall–Kier alpha value is -1.43. The lowest BCUT2D eigenvalue weighted by Gasteiger charge is -2.29. The lowest BCUT2D eigenvalue weighted by atomic mass is 10.0. The minimum absolute atomic E-state index is 0.114. The molecule has 0 fully saturated rings. The molecule has 6 heteroatoms. The van der Waals surface area contributed by atoms with E-state index in [1.807, 2.05) is 0 Å². The van der Waals surface area contributed by atoms with Crippen LogP contribution in [0.3, 0.4) is 0 Å². The Labute approximate surface area is 103 Å². The Morgan fingerprint density at radius 1 is 1.22 bits per heavy atom. The standard InChI is InChI=1S/C12H16F3NO2/c1-3-16(7-12(13,14)15)8(2)11-9(17)5-4-6-10(11)18/h4-6,8,17-18H,3,7H2,1-2H3. The van der Waals surface area contributed by atoms with Crippen molar-refractivity contribution in [3.05, 3.63) is 23.8 Å². The molecule has 18 heavy (non-hydrogen) atoms. The molecule has 3 nitrogen and oxygen atoms in total. The number of alkyl halides is 3. The van der Waals surface area contributed by atoms with Gasteiger partial charge in [-0.25, -0.2) is 0 Å². The minimum Gasteiger partial charge on any atom is -0.507 e. The molecular weight excluding hydrogens is 247 g/mol. The van der Waals surface area contributed by atoms with Gasteiger partial charge in [0.1, 0.15) is 11.5 Å². The highest BCUT2D eigenvalue weighted by molar-refractivity contribution is 5.44. The summed E-state index contributed by atoms with van der Waals surface area (Å²) in [5.41, 5.74) is 0.114. The average molecular weight is 263 g/mol. The van der Waals surface area contributed by atoms with Crippen molar-refractivity contribution in [2.24, 2.45) is 0 Å². The summed E-state index contributed by atoms with van der Waals surface area (Å²) in [5.74, 6) is -0.411. The number of benzene rings is 1. The smallest absolute Gasteiger partial charge is 0.401 e. The van der Waals surface area contributed by atoms with E-state index in [9.17, 15) is 23.4 Å². The van der Waals surface area contributed by atoms with Crippen LogP contribution in [0.15, 0.2) is 18.2 Å². The van der Waals surface area contributed by atoms with Crippen molar-refractivity contribution in [2.45, 2.75) is 26.1 Å². The summed E-state index contributed by atoms with van der Waals surface area (Å²) >= 11 is 0.